The second-order valence-electron chi connectivity index (χ2n) is 22.0. The van der Waals surface area contributed by atoms with Gasteiger partial charge in [-0.3, -0.25) is 0 Å². The molecular formula is C81H54N6. The van der Waals surface area contributed by atoms with Crippen LogP contribution in [0.2, 0.25) is 0 Å². The summed E-state index contributed by atoms with van der Waals surface area (Å²) in [6, 6.07) is 117. The summed E-state index contributed by atoms with van der Waals surface area (Å²) >= 11 is 0. The lowest BCUT2D eigenvalue weighted by Crippen LogP contribution is -2.13. The molecule has 87 heavy (non-hydrogen) atoms. The Balaban J connectivity index is 0.939. The van der Waals surface area contributed by atoms with Crippen molar-refractivity contribution < 1.29 is 0 Å². The second kappa shape index (κ2) is 21.8. The van der Waals surface area contributed by atoms with Crippen molar-refractivity contribution in [1.29, 1.82) is 0 Å². The molecule has 0 unspecified atom stereocenters. The van der Waals surface area contributed by atoms with Gasteiger partial charge >= 0.3 is 0 Å². The highest BCUT2D eigenvalue weighted by Crippen LogP contribution is 2.49. The SMILES string of the molecule is c1ccc(-c2cc(-c3ccccc3)cc(-c3nc(-c4ccccc4)nc(-c4cc(-c5ccccc5)c(N(c5ccc(-n6c7ccccc7c7ccccc76)cc5)c5ccc(-n6c7ccccc7c7ccccc76)cc5)c(-c5ccccc5)c4)n3)c2)cc1. The molecular weight excluding hydrogens is 1060 g/mol. The van der Waals surface area contributed by atoms with Crippen LogP contribution in [0.5, 0.6) is 0 Å². The summed E-state index contributed by atoms with van der Waals surface area (Å²) in [6.45, 7) is 0. The van der Waals surface area contributed by atoms with Crippen LogP contribution in [0.4, 0.5) is 17.1 Å². The lowest BCUT2D eigenvalue weighted by Gasteiger charge is -2.31. The third-order valence-corrected chi connectivity index (χ3v) is 16.7. The minimum atomic E-state index is 0.559. The zero-order chi connectivity index (χ0) is 57.6. The van der Waals surface area contributed by atoms with Gasteiger partial charge in [0.05, 0.1) is 27.8 Å². The number of hydrogen-bond acceptors (Lipinski definition) is 4. The molecule has 0 saturated heterocycles. The first-order valence-corrected chi connectivity index (χ1v) is 29.5. The molecule has 3 aromatic heterocycles. The quantitative estimate of drug-likeness (QED) is 0.122. The molecule has 0 radical (unpaired) electrons. The third-order valence-electron chi connectivity index (χ3n) is 16.7. The minimum Gasteiger partial charge on any atom is -0.309 e. The Morgan fingerprint density at radius 1 is 0.218 bits per heavy atom. The Morgan fingerprint density at radius 3 is 0.851 bits per heavy atom. The largest absolute Gasteiger partial charge is 0.309 e. The van der Waals surface area contributed by atoms with Gasteiger partial charge in [-0.15, -0.1) is 0 Å². The predicted octanol–water partition coefficient (Wildman–Crippen LogP) is 21.2. The Bertz CT molecular complexity index is 4790. The van der Waals surface area contributed by atoms with E-state index in [1.165, 1.54) is 21.5 Å². The van der Waals surface area contributed by atoms with Gasteiger partial charge in [0, 0.05) is 72.1 Å². The number of rotatable bonds is 12. The molecule has 0 spiro atoms. The summed E-state index contributed by atoms with van der Waals surface area (Å²) in [6.07, 6.45) is 0. The summed E-state index contributed by atoms with van der Waals surface area (Å²) < 4.78 is 4.76. The number of aromatic nitrogens is 5. The van der Waals surface area contributed by atoms with Crippen molar-refractivity contribution in [2.24, 2.45) is 0 Å². The van der Waals surface area contributed by atoms with E-state index in [9.17, 15) is 0 Å². The van der Waals surface area contributed by atoms with Gasteiger partial charge in [-0.2, -0.15) is 0 Å². The Hall–Kier alpha value is -11.7. The van der Waals surface area contributed by atoms with E-state index in [0.717, 1.165) is 112 Å². The molecule has 0 atom stereocenters. The molecule has 0 fully saturated rings. The number of benzene rings is 13. The third kappa shape index (κ3) is 9.30. The van der Waals surface area contributed by atoms with Gasteiger partial charge in [0.25, 0.3) is 0 Å². The lowest BCUT2D eigenvalue weighted by molar-refractivity contribution is 1.07. The lowest BCUT2D eigenvalue weighted by atomic mass is 9.91. The zero-order valence-corrected chi connectivity index (χ0v) is 47.4. The minimum absolute atomic E-state index is 0.559. The Labute approximate surface area is 504 Å². The van der Waals surface area contributed by atoms with Gasteiger partial charge in [0.2, 0.25) is 0 Å². The average molecular weight is 1110 g/mol. The van der Waals surface area contributed by atoms with Crippen molar-refractivity contribution in [2.45, 2.75) is 0 Å². The molecule has 0 N–H and O–H groups in total. The van der Waals surface area contributed by atoms with Crippen molar-refractivity contribution in [2.75, 3.05) is 4.90 Å². The normalized spacial score (nSPS) is 11.4. The van der Waals surface area contributed by atoms with Gasteiger partial charge in [-0.05, 0) is 137 Å². The fourth-order valence-electron chi connectivity index (χ4n) is 12.7. The van der Waals surface area contributed by atoms with Crippen LogP contribution in [0.25, 0.3) is 134 Å². The van der Waals surface area contributed by atoms with E-state index in [1.807, 2.05) is 18.2 Å². The number of anilines is 3. The summed E-state index contributed by atoms with van der Waals surface area (Å²) in [4.78, 5) is 18.8. The van der Waals surface area contributed by atoms with Crippen LogP contribution in [-0.2, 0) is 0 Å². The molecule has 408 valence electrons. The van der Waals surface area contributed by atoms with Crippen molar-refractivity contribution in [3.05, 3.63) is 328 Å². The molecule has 0 saturated carbocycles. The van der Waals surface area contributed by atoms with E-state index in [0.29, 0.717) is 17.5 Å². The standard InChI is InChI=1S/C81H54N6/c1-6-24-55(25-7-1)60-50-61(56-26-8-2-9-27-56)52-62(51-60)80-82-79(59-32-14-5-15-33-59)83-81(84-80)63-53-72(57-28-10-3-11-29-57)78(73(54-63)58-30-12-4-13-31-58)85(64-42-46-66(47-43-64)86-74-38-20-16-34-68(74)69-35-17-21-39-75(69)86)65-44-48-67(49-45-65)87-76-40-22-18-36-70(76)71-37-19-23-41-77(71)87/h1-54H. The maximum Gasteiger partial charge on any atom is 0.164 e. The van der Waals surface area contributed by atoms with Gasteiger partial charge in [-0.25, -0.2) is 15.0 Å². The highest BCUT2D eigenvalue weighted by atomic mass is 15.2. The van der Waals surface area contributed by atoms with Crippen LogP contribution >= 0.6 is 0 Å². The van der Waals surface area contributed by atoms with E-state index in [2.05, 4.69) is 323 Å². The van der Waals surface area contributed by atoms with Crippen LogP contribution in [0.1, 0.15) is 0 Å². The monoisotopic (exact) mass is 1110 g/mol. The van der Waals surface area contributed by atoms with E-state index in [4.69, 9.17) is 15.0 Å². The maximum absolute atomic E-state index is 5.54. The highest BCUT2D eigenvalue weighted by molar-refractivity contribution is 6.10. The van der Waals surface area contributed by atoms with Gasteiger partial charge in [-0.1, -0.05) is 224 Å². The van der Waals surface area contributed by atoms with E-state index in [-0.39, 0.29) is 0 Å². The molecule has 0 aliphatic carbocycles. The zero-order valence-electron chi connectivity index (χ0n) is 47.4. The highest BCUT2D eigenvalue weighted by Gasteiger charge is 2.26. The molecule has 0 aliphatic heterocycles. The summed E-state index contributed by atoms with van der Waals surface area (Å²) in [5.41, 5.74) is 20.9. The molecule has 0 aliphatic rings. The molecule has 13 aromatic carbocycles. The van der Waals surface area contributed by atoms with Crippen molar-refractivity contribution >= 4 is 60.7 Å². The predicted molar refractivity (Wildman–Crippen MR) is 361 cm³/mol. The summed E-state index contributed by atoms with van der Waals surface area (Å²) in [5.74, 6) is 1.72. The van der Waals surface area contributed by atoms with Gasteiger partial charge in [0.1, 0.15) is 0 Å². The topological polar surface area (TPSA) is 51.8 Å². The van der Waals surface area contributed by atoms with Crippen LogP contribution < -0.4 is 4.90 Å². The first-order chi connectivity index (χ1) is 43.1. The van der Waals surface area contributed by atoms with Crippen molar-refractivity contribution in [1.82, 2.24) is 24.1 Å². The Kier molecular flexibility index (Phi) is 12.8. The van der Waals surface area contributed by atoms with E-state index in [1.54, 1.807) is 0 Å². The van der Waals surface area contributed by atoms with Crippen molar-refractivity contribution in [3.63, 3.8) is 0 Å². The number of para-hydroxylation sites is 4. The summed E-state index contributed by atoms with van der Waals surface area (Å²) in [5, 5.41) is 4.89. The molecule has 0 amide bonds. The Morgan fingerprint density at radius 2 is 0.494 bits per heavy atom. The number of fused-ring (bicyclic) bond motifs is 6. The summed E-state index contributed by atoms with van der Waals surface area (Å²) in [7, 11) is 0. The number of hydrogen-bond donors (Lipinski definition) is 0. The molecule has 3 heterocycles. The molecule has 16 rings (SSSR count). The van der Waals surface area contributed by atoms with Crippen LogP contribution in [0, 0.1) is 0 Å². The number of nitrogens with zero attached hydrogens (tertiary/aromatic N) is 6. The fourth-order valence-corrected chi connectivity index (χ4v) is 12.7. The fraction of sp³-hybridized carbons (Fsp3) is 0. The van der Waals surface area contributed by atoms with Crippen molar-refractivity contribution in [3.8, 4) is 90.0 Å². The smallest absolute Gasteiger partial charge is 0.164 e. The van der Waals surface area contributed by atoms with E-state index < -0.39 is 0 Å². The molecule has 16 aromatic rings. The van der Waals surface area contributed by atoms with Gasteiger partial charge in [0.15, 0.2) is 17.5 Å². The first kappa shape index (κ1) is 51.0. The second-order valence-corrected chi connectivity index (χ2v) is 22.0. The van der Waals surface area contributed by atoms with Crippen LogP contribution in [0.3, 0.4) is 0 Å². The average Bonchev–Trinajstić information content (AvgIpc) is 2.93. The van der Waals surface area contributed by atoms with Gasteiger partial charge < -0.3 is 14.0 Å². The molecule has 6 nitrogen and oxygen atoms in total. The molecule has 6 heteroatoms. The molecule has 0 bridgehead atoms. The maximum atomic E-state index is 5.54. The van der Waals surface area contributed by atoms with Crippen LogP contribution in [0.15, 0.2) is 328 Å². The van der Waals surface area contributed by atoms with E-state index >= 15 is 0 Å². The van der Waals surface area contributed by atoms with Crippen LogP contribution in [-0.4, -0.2) is 24.1 Å². The first-order valence-electron chi connectivity index (χ1n) is 29.5.